The maximum absolute atomic E-state index is 5.17. The number of rotatable bonds is 4. The molecule has 5 nitrogen and oxygen atoms in total. The van der Waals surface area contributed by atoms with Crippen molar-refractivity contribution in [2.75, 3.05) is 20.2 Å². The molecule has 1 aliphatic rings. The van der Waals surface area contributed by atoms with Crippen molar-refractivity contribution >= 4 is 0 Å². The van der Waals surface area contributed by atoms with Gasteiger partial charge in [-0.25, -0.2) is 4.98 Å². The molecule has 0 bridgehead atoms. The van der Waals surface area contributed by atoms with Crippen molar-refractivity contribution < 1.29 is 4.74 Å². The number of aryl methyl sites for hydroxylation is 1. The summed E-state index contributed by atoms with van der Waals surface area (Å²) < 4.78 is 7.20. The van der Waals surface area contributed by atoms with Gasteiger partial charge in [-0.1, -0.05) is 0 Å². The average molecular weight is 286 g/mol. The van der Waals surface area contributed by atoms with Crippen LogP contribution in [-0.2, 0) is 6.54 Å². The van der Waals surface area contributed by atoms with Crippen LogP contribution >= 0.6 is 0 Å². The lowest BCUT2D eigenvalue weighted by atomic mass is 9.91. The lowest BCUT2D eigenvalue weighted by Crippen LogP contribution is -2.26. The molecule has 21 heavy (non-hydrogen) atoms. The van der Waals surface area contributed by atoms with E-state index in [0.717, 1.165) is 30.9 Å². The maximum atomic E-state index is 5.17. The number of hydrogen-bond donors (Lipinski definition) is 1. The molecule has 1 fully saturated rings. The average Bonchev–Trinajstić information content (AvgIpc) is 2.89. The predicted octanol–water partition coefficient (Wildman–Crippen LogP) is 2.11. The van der Waals surface area contributed by atoms with Crippen LogP contribution in [0.2, 0.25) is 0 Å². The van der Waals surface area contributed by atoms with E-state index in [4.69, 9.17) is 4.74 Å². The third-order valence-electron chi connectivity index (χ3n) is 4.12. The molecule has 0 aliphatic carbocycles. The largest absolute Gasteiger partial charge is 0.481 e. The van der Waals surface area contributed by atoms with Gasteiger partial charge in [0.1, 0.15) is 0 Å². The molecule has 0 radical (unpaired) electrons. The Kier molecular flexibility index (Phi) is 4.20. The van der Waals surface area contributed by atoms with Crippen molar-refractivity contribution in [1.82, 2.24) is 20.1 Å². The molecule has 3 heterocycles. The monoisotopic (exact) mass is 286 g/mol. The van der Waals surface area contributed by atoms with Gasteiger partial charge in [-0.2, -0.15) is 5.10 Å². The number of pyridine rings is 1. The lowest BCUT2D eigenvalue weighted by Gasteiger charge is -2.22. The third-order valence-corrected chi connectivity index (χ3v) is 4.12. The second-order valence-corrected chi connectivity index (χ2v) is 5.60. The van der Waals surface area contributed by atoms with Gasteiger partial charge in [0, 0.05) is 18.5 Å². The highest BCUT2D eigenvalue weighted by Gasteiger charge is 2.19. The van der Waals surface area contributed by atoms with Crippen molar-refractivity contribution in [2.45, 2.75) is 32.2 Å². The first-order chi connectivity index (χ1) is 10.3. The highest BCUT2D eigenvalue weighted by molar-refractivity contribution is 5.24. The summed E-state index contributed by atoms with van der Waals surface area (Å²) in [4.78, 5) is 4.14. The molecule has 1 aliphatic heterocycles. The second kappa shape index (κ2) is 6.26. The Bertz CT molecular complexity index is 602. The van der Waals surface area contributed by atoms with Gasteiger partial charge in [0.05, 0.1) is 19.3 Å². The number of piperidine rings is 1. The fourth-order valence-electron chi connectivity index (χ4n) is 3.00. The van der Waals surface area contributed by atoms with Gasteiger partial charge < -0.3 is 10.1 Å². The van der Waals surface area contributed by atoms with Crippen molar-refractivity contribution in [3.8, 4) is 5.88 Å². The van der Waals surface area contributed by atoms with Crippen LogP contribution in [0.15, 0.2) is 24.5 Å². The van der Waals surface area contributed by atoms with E-state index in [1.807, 2.05) is 16.8 Å². The quantitative estimate of drug-likeness (QED) is 0.935. The first kappa shape index (κ1) is 14.1. The first-order valence-corrected chi connectivity index (χ1v) is 7.50. The third kappa shape index (κ3) is 3.24. The van der Waals surface area contributed by atoms with Gasteiger partial charge in [-0.15, -0.1) is 0 Å². The summed E-state index contributed by atoms with van der Waals surface area (Å²) >= 11 is 0. The Labute approximate surface area is 125 Å². The Morgan fingerprint density at radius 2 is 2.19 bits per heavy atom. The van der Waals surface area contributed by atoms with Crippen LogP contribution in [-0.4, -0.2) is 35.0 Å². The minimum Gasteiger partial charge on any atom is -0.481 e. The Hall–Kier alpha value is -1.88. The minimum atomic E-state index is 0.645. The summed E-state index contributed by atoms with van der Waals surface area (Å²) in [6, 6.07) is 3.96. The van der Waals surface area contributed by atoms with E-state index in [9.17, 15) is 0 Å². The standard InChI is InChI=1S/C16H22N4O/c1-12-15(14-4-6-17-7-5-14)11-20(19-12)10-13-3-8-18-16(9-13)21-2/h3,8-9,11,14,17H,4-7,10H2,1-2H3. The molecule has 0 amide bonds. The van der Waals surface area contributed by atoms with Crippen LogP contribution in [0.4, 0.5) is 0 Å². The van der Waals surface area contributed by atoms with Crippen LogP contribution in [0.1, 0.15) is 35.6 Å². The van der Waals surface area contributed by atoms with Crippen molar-refractivity contribution in [2.24, 2.45) is 0 Å². The Balaban J connectivity index is 1.76. The number of nitrogens with one attached hydrogen (secondary N) is 1. The first-order valence-electron chi connectivity index (χ1n) is 7.50. The zero-order valence-corrected chi connectivity index (χ0v) is 12.7. The van der Waals surface area contributed by atoms with Gasteiger partial charge in [0.15, 0.2) is 0 Å². The number of nitrogens with zero attached hydrogens (tertiary/aromatic N) is 3. The van der Waals surface area contributed by atoms with Crippen molar-refractivity contribution in [3.63, 3.8) is 0 Å². The zero-order valence-electron chi connectivity index (χ0n) is 12.7. The number of methoxy groups -OCH3 is 1. The van der Waals surface area contributed by atoms with E-state index in [-0.39, 0.29) is 0 Å². The molecule has 1 saturated heterocycles. The summed E-state index contributed by atoms with van der Waals surface area (Å²) in [5, 5.41) is 8.09. The number of hydrogen-bond acceptors (Lipinski definition) is 4. The molecule has 1 N–H and O–H groups in total. The van der Waals surface area contributed by atoms with Gasteiger partial charge in [-0.05, 0) is 56.0 Å². The lowest BCUT2D eigenvalue weighted by molar-refractivity contribution is 0.397. The Morgan fingerprint density at radius 3 is 2.95 bits per heavy atom. The smallest absolute Gasteiger partial charge is 0.213 e. The zero-order chi connectivity index (χ0) is 14.7. The fourth-order valence-corrected chi connectivity index (χ4v) is 3.00. The molecule has 0 saturated carbocycles. The molecular weight excluding hydrogens is 264 g/mol. The summed E-state index contributed by atoms with van der Waals surface area (Å²) in [5.41, 5.74) is 3.71. The summed E-state index contributed by atoms with van der Waals surface area (Å²) in [7, 11) is 1.64. The molecule has 5 heteroatoms. The van der Waals surface area contributed by atoms with Crippen LogP contribution in [0.5, 0.6) is 5.88 Å². The van der Waals surface area contributed by atoms with Crippen LogP contribution in [0.3, 0.4) is 0 Å². The van der Waals surface area contributed by atoms with E-state index in [0.29, 0.717) is 11.8 Å². The van der Waals surface area contributed by atoms with Gasteiger partial charge in [0.2, 0.25) is 5.88 Å². The highest BCUT2D eigenvalue weighted by atomic mass is 16.5. The van der Waals surface area contributed by atoms with E-state index in [2.05, 4.69) is 28.5 Å². The SMILES string of the molecule is COc1cc(Cn2cc(C3CCNCC3)c(C)n2)ccn1. The van der Waals surface area contributed by atoms with E-state index in [1.54, 1.807) is 13.3 Å². The predicted molar refractivity (Wildman–Crippen MR) is 81.7 cm³/mol. The molecule has 0 spiro atoms. The van der Waals surface area contributed by atoms with E-state index < -0.39 is 0 Å². The van der Waals surface area contributed by atoms with Crippen LogP contribution in [0, 0.1) is 6.92 Å². The molecule has 3 rings (SSSR count). The van der Waals surface area contributed by atoms with Crippen molar-refractivity contribution in [3.05, 3.63) is 41.3 Å². The summed E-state index contributed by atoms with van der Waals surface area (Å²) in [5.74, 6) is 1.29. The van der Waals surface area contributed by atoms with E-state index >= 15 is 0 Å². The molecular formula is C16H22N4O. The second-order valence-electron chi connectivity index (χ2n) is 5.60. The minimum absolute atomic E-state index is 0.645. The van der Waals surface area contributed by atoms with E-state index in [1.165, 1.54) is 18.4 Å². The molecule has 0 unspecified atom stereocenters. The maximum Gasteiger partial charge on any atom is 0.213 e. The molecule has 0 aromatic carbocycles. The summed E-state index contributed by atoms with van der Waals surface area (Å²) in [6.07, 6.45) is 6.39. The fraction of sp³-hybridized carbons (Fsp3) is 0.500. The van der Waals surface area contributed by atoms with Gasteiger partial charge in [0.25, 0.3) is 0 Å². The topological polar surface area (TPSA) is 52.0 Å². The molecule has 112 valence electrons. The van der Waals surface area contributed by atoms with Crippen LogP contribution < -0.4 is 10.1 Å². The van der Waals surface area contributed by atoms with Gasteiger partial charge in [-0.3, -0.25) is 4.68 Å². The number of ether oxygens (including phenoxy) is 1. The molecule has 2 aromatic heterocycles. The number of aromatic nitrogens is 3. The van der Waals surface area contributed by atoms with Gasteiger partial charge >= 0.3 is 0 Å². The normalized spacial score (nSPS) is 16.1. The summed E-state index contributed by atoms with van der Waals surface area (Å²) in [6.45, 7) is 5.08. The Morgan fingerprint density at radius 1 is 1.38 bits per heavy atom. The van der Waals surface area contributed by atoms with Crippen molar-refractivity contribution in [1.29, 1.82) is 0 Å². The molecule has 0 atom stereocenters. The van der Waals surface area contributed by atoms with Crippen LogP contribution in [0.25, 0.3) is 0 Å². The molecule has 2 aromatic rings. The highest BCUT2D eigenvalue weighted by Crippen LogP contribution is 2.27.